The third-order valence-electron chi connectivity index (χ3n) is 3.11. The molecule has 0 saturated heterocycles. The lowest BCUT2D eigenvalue weighted by Crippen LogP contribution is -2.24. The number of benzene rings is 1. The van der Waals surface area contributed by atoms with Gasteiger partial charge in [0, 0.05) is 13.1 Å². The lowest BCUT2D eigenvalue weighted by molar-refractivity contribution is 0.100. The summed E-state index contributed by atoms with van der Waals surface area (Å²) in [6.07, 6.45) is 1.48. The van der Waals surface area contributed by atoms with Gasteiger partial charge in [0.05, 0.1) is 17.4 Å². The molecule has 1 heterocycles. The van der Waals surface area contributed by atoms with E-state index in [4.69, 9.17) is 11.5 Å². The zero-order chi connectivity index (χ0) is 14.5. The number of carbonyl (C=O) groups is 1. The van der Waals surface area contributed by atoms with Gasteiger partial charge in [0.2, 0.25) is 0 Å². The second kappa shape index (κ2) is 6.06. The molecular weight excluding hydrogens is 252 g/mol. The van der Waals surface area contributed by atoms with Gasteiger partial charge in [0.25, 0.3) is 5.91 Å². The standard InChI is InChI=1S/C15H18N4O/c1-2-19(10-11-6-4-3-5-7-11)14-8-12(15(17)20)13(16)9-18-14/h3-9H,2,10,16H2,1H3,(H2,17,20). The highest BCUT2D eigenvalue weighted by Crippen LogP contribution is 2.19. The van der Waals surface area contributed by atoms with Crippen LogP contribution in [0.4, 0.5) is 11.5 Å². The van der Waals surface area contributed by atoms with Gasteiger partial charge < -0.3 is 16.4 Å². The lowest BCUT2D eigenvalue weighted by atomic mass is 10.2. The molecule has 20 heavy (non-hydrogen) atoms. The second-order valence-electron chi connectivity index (χ2n) is 4.49. The van der Waals surface area contributed by atoms with Crippen LogP contribution in [0.3, 0.4) is 0 Å². The van der Waals surface area contributed by atoms with Crippen LogP contribution in [0.5, 0.6) is 0 Å². The molecule has 0 bridgehead atoms. The minimum atomic E-state index is -0.540. The summed E-state index contributed by atoms with van der Waals surface area (Å²) in [7, 11) is 0. The largest absolute Gasteiger partial charge is 0.397 e. The van der Waals surface area contributed by atoms with Crippen LogP contribution in [0.25, 0.3) is 0 Å². The van der Waals surface area contributed by atoms with Crippen molar-refractivity contribution in [1.29, 1.82) is 0 Å². The van der Waals surface area contributed by atoms with Crippen LogP contribution in [-0.4, -0.2) is 17.4 Å². The van der Waals surface area contributed by atoms with Crippen molar-refractivity contribution in [3.05, 3.63) is 53.7 Å². The van der Waals surface area contributed by atoms with E-state index in [1.54, 1.807) is 6.07 Å². The first-order valence-electron chi connectivity index (χ1n) is 6.46. The number of pyridine rings is 1. The van der Waals surface area contributed by atoms with E-state index in [0.717, 1.165) is 6.54 Å². The molecule has 2 rings (SSSR count). The van der Waals surface area contributed by atoms with E-state index in [-0.39, 0.29) is 0 Å². The van der Waals surface area contributed by atoms with Crippen LogP contribution in [0.1, 0.15) is 22.8 Å². The molecule has 2 aromatic rings. The Bertz CT molecular complexity index is 598. The number of hydrogen-bond donors (Lipinski definition) is 2. The van der Waals surface area contributed by atoms with E-state index in [0.29, 0.717) is 23.6 Å². The van der Waals surface area contributed by atoms with E-state index in [9.17, 15) is 4.79 Å². The van der Waals surface area contributed by atoms with E-state index in [2.05, 4.69) is 22.0 Å². The molecule has 0 aliphatic carbocycles. The molecule has 5 nitrogen and oxygen atoms in total. The molecule has 1 aromatic carbocycles. The number of primary amides is 1. The summed E-state index contributed by atoms with van der Waals surface area (Å²) in [6.45, 7) is 3.52. The van der Waals surface area contributed by atoms with Crippen LogP contribution >= 0.6 is 0 Å². The highest BCUT2D eigenvalue weighted by Gasteiger charge is 2.12. The van der Waals surface area contributed by atoms with Crippen molar-refractivity contribution in [2.24, 2.45) is 5.73 Å². The monoisotopic (exact) mass is 270 g/mol. The Balaban J connectivity index is 2.28. The molecule has 4 N–H and O–H groups in total. The number of nitrogens with two attached hydrogens (primary N) is 2. The molecule has 0 aliphatic heterocycles. The maximum atomic E-state index is 11.3. The van der Waals surface area contributed by atoms with Crippen LogP contribution in [0.2, 0.25) is 0 Å². The number of carbonyl (C=O) groups excluding carboxylic acids is 1. The molecule has 104 valence electrons. The Hall–Kier alpha value is -2.56. The van der Waals surface area contributed by atoms with Crippen LogP contribution in [-0.2, 0) is 6.54 Å². The van der Waals surface area contributed by atoms with Crippen molar-refractivity contribution >= 4 is 17.4 Å². The number of nitrogens with zero attached hydrogens (tertiary/aromatic N) is 2. The lowest BCUT2D eigenvalue weighted by Gasteiger charge is -2.22. The normalized spacial score (nSPS) is 10.2. The molecular formula is C15H18N4O. The minimum absolute atomic E-state index is 0.303. The first-order valence-corrected chi connectivity index (χ1v) is 6.46. The van der Waals surface area contributed by atoms with Crippen LogP contribution < -0.4 is 16.4 Å². The molecule has 0 spiro atoms. The predicted molar refractivity (Wildman–Crippen MR) is 80.3 cm³/mol. The molecule has 0 radical (unpaired) electrons. The van der Waals surface area contributed by atoms with Gasteiger partial charge in [-0.15, -0.1) is 0 Å². The number of anilines is 2. The Morgan fingerprint density at radius 1 is 1.30 bits per heavy atom. The number of amides is 1. The van der Waals surface area contributed by atoms with Gasteiger partial charge in [0.15, 0.2) is 0 Å². The number of rotatable bonds is 5. The quantitative estimate of drug-likeness (QED) is 0.867. The molecule has 0 saturated carbocycles. The molecule has 1 aromatic heterocycles. The Morgan fingerprint density at radius 3 is 2.60 bits per heavy atom. The molecule has 1 amide bonds. The maximum absolute atomic E-state index is 11.3. The van der Waals surface area contributed by atoms with Crippen molar-refractivity contribution in [3.63, 3.8) is 0 Å². The number of hydrogen-bond acceptors (Lipinski definition) is 4. The van der Waals surface area contributed by atoms with Gasteiger partial charge >= 0.3 is 0 Å². The van der Waals surface area contributed by atoms with Gasteiger partial charge in [-0.3, -0.25) is 4.79 Å². The second-order valence-corrected chi connectivity index (χ2v) is 4.49. The van der Waals surface area contributed by atoms with Crippen LogP contribution in [0.15, 0.2) is 42.6 Å². The molecule has 5 heteroatoms. The maximum Gasteiger partial charge on any atom is 0.250 e. The predicted octanol–water partition coefficient (Wildman–Crippen LogP) is 1.79. The highest BCUT2D eigenvalue weighted by atomic mass is 16.1. The number of aromatic nitrogens is 1. The van der Waals surface area contributed by atoms with Gasteiger partial charge in [-0.2, -0.15) is 0 Å². The van der Waals surface area contributed by atoms with Gasteiger partial charge in [-0.1, -0.05) is 30.3 Å². The van der Waals surface area contributed by atoms with Gasteiger partial charge in [-0.05, 0) is 18.6 Å². The Labute approximate surface area is 118 Å². The van der Waals surface area contributed by atoms with E-state index in [1.165, 1.54) is 11.8 Å². The van der Waals surface area contributed by atoms with Crippen molar-refractivity contribution < 1.29 is 4.79 Å². The Kier molecular flexibility index (Phi) is 4.20. The summed E-state index contributed by atoms with van der Waals surface area (Å²) in [4.78, 5) is 17.7. The molecule has 0 unspecified atom stereocenters. The summed E-state index contributed by atoms with van der Waals surface area (Å²) in [5.74, 6) is 0.154. The van der Waals surface area contributed by atoms with Crippen molar-refractivity contribution in [2.75, 3.05) is 17.2 Å². The fraction of sp³-hybridized carbons (Fsp3) is 0.200. The zero-order valence-corrected chi connectivity index (χ0v) is 11.4. The van der Waals surface area contributed by atoms with Gasteiger partial charge in [-0.25, -0.2) is 4.98 Å². The van der Waals surface area contributed by atoms with Crippen molar-refractivity contribution in [3.8, 4) is 0 Å². The zero-order valence-electron chi connectivity index (χ0n) is 11.4. The average Bonchev–Trinajstić information content (AvgIpc) is 2.46. The molecule has 0 aliphatic rings. The molecule has 0 atom stereocenters. The topological polar surface area (TPSA) is 85.2 Å². The first kappa shape index (κ1) is 13.9. The van der Waals surface area contributed by atoms with E-state index in [1.807, 2.05) is 25.1 Å². The fourth-order valence-electron chi connectivity index (χ4n) is 2.00. The highest BCUT2D eigenvalue weighted by molar-refractivity contribution is 5.98. The van der Waals surface area contributed by atoms with Gasteiger partial charge in [0.1, 0.15) is 5.82 Å². The summed E-state index contributed by atoms with van der Waals surface area (Å²) >= 11 is 0. The van der Waals surface area contributed by atoms with Crippen molar-refractivity contribution in [2.45, 2.75) is 13.5 Å². The van der Waals surface area contributed by atoms with E-state index >= 15 is 0 Å². The third-order valence-corrected chi connectivity index (χ3v) is 3.11. The van der Waals surface area contributed by atoms with E-state index < -0.39 is 5.91 Å². The summed E-state index contributed by atoms with van der Waals surface area (Å²) in [5, 5.41) is 0. The number of nitrogen functional groups attached to an aromatic ring is 1. The van der Waals surface area contributed by atoms with Crippen LogP contribution in [0, 0.1) is 0 Å². The molecule has 0 fully saturated rings. The first-order chi connectivity index (χ1) is 9.61. The fourth-order valence-corrected chi connectivity index (χ4v) is 2.00. The smallest absolute Gasteiger partial charge is 0.250 e. The summed E-state index contributed by atoms with van der Waals surface area (Å²) in [6, 6.07) is 11.7. The SMILES string of the molecule is CCN(Cc1ccccc1)c1cc(C(N)=O)c(N)cn1. The average molecular weight is 270 g/mol. The summed E-state index contributed by atoms with van der Waals surface area (Å²) in [5.41, 5.74) is 12.8. The Morgan fingerprint density at radius 2 is 2.00 bits per heavy atom. The van der Waals surface area contributed by atoms with Crippen molar-refractivity contribution in [1.82, 2.24) is 4.98 Å². The minimum Gasteiger partial charge on any atom is -0.397 e. The third kappa shape index (κ3) is 3.06. The summed E-state index contributed by atoms with van der Waals surface area (Å²) < 4.78 is 0.